The summed E-state index contributed by atoms with van der Waals surface area (Å²) >= 11 is 1.45. The maximum atomic E-state index is 12.1. The van der Waals surface area contributed by atoms with Crippen LogP contribution in [0.1, 0.15) is 34.5 Å². The smallest absolute Gasteiger partial charge is 0.263 e. The number of benzene rings is 1. The summed E-state index contributed by atoms with van der Waals surface area (Å²) < 4.78 is 1.08. The number of thiophene rings is 1. The SMILES string of the molecule is Cc1cccc2c(N)c(C(=O)NCCCCCO)sc12. The first-order valence-electron chi connectivity index (χ1n) is 6.81. The van der Waals surface area contributed by atoms with E-state index in [1.807, 2.05) is 25.1 Å². The molecule has 0 unspecified atom stereocenters. The highest BCUT2D eigenvalue weighted by Crippen LogP contribution is 2.35. The molecular formula is C15H20N2O2S. The van der Waals surface area contributed by atoms with Crippen molar-refractivity contribution in [3.05, 3.63) is 28.6 Å². The standard InChI is InChI=1S/C15H20N2O2S/c1-10-6-5-7-11-12(16)14(20-13(10)11)15(19)17-8-3-2-4-9-18/h5-7,18H,2-4,8-9,16H2,1H3,(H,17,19). The molecule has 0 aliphatic rings. The predicted molar refractivity (Wildman–Crippen MR) is 84.2 cm³/mol. The van der Waals surface area contributed by atoms with Crippen molar-refractivity contribution in [3.8, 4) is 0 Å². The molecule has 4 N–H and O–H groups in total. The zero-order valence-electron chi connectivity index (χ0n) is 11.6. The fourth-order valence-corrected chi connectivity index (χ4v) is 3.25. The number of fused-ring (bicyclic) bond motifs is 1. The van der Waals surface area contributed by atoms with Gasteiger partial charge in [-0.1, -0.05) is 18.2 Å². The summed E-state index contributed by atoms with van der Waals surface area (Å²) in [5.41, 5.74) is 7.79. The third kappa shape index (κ3) is 3.11. The lowest BCUT2D eigenvalue weighted by atomic mass is 10.1. The summed E-state index contributed by atoms with van der Waals surface area (Å²) in [5, 5.41) is 12.5. The summed E-state index contributed by atoms with van der Waals surface area (Å²) in [6.45, 7) is 2.84. The van der Waals surface area contributed by atoms with E-state index < -0.39 is 0 Å². The third-order valence-corrected chi connectivity index (χ3v) is 4.63. The molecule has 0 aliphatic carbocycles. The van der Waals surface area contributed by atoms with Crippen LogP contribution in [0.2, 0.25) is 0 Å². The first-order chi connectivity index (χ1) is 9.65. The van der Waals surface area contributed by atoms with Crippen molar-refractivity contribution in [1.29, 1.82) is 0 Å². The maximum absolute atomic E-state index is 12.1. The van der Waals surface area contributed by atoms with E-state index in [-0.39, 0.29) is 12.5 Å². The van der Waals surface area contributed by atoms with Crippen molar-refractivity contribution in [2.75, 3.05) is 18.9 Å². The number of aliphatic hydroxyl groups excluding tert-OH is 1. The number of hydrogen-bond acceptors (Lipinski definition) is 4. The minimum atomic E-state index is -0.105. The molecule has 4 nitrogen and oxygen atoms in total. The number of carbonyl (C=O) groups excluding carboxylic acids is 1. The molecule has 0 aliphatic heterocycles. The van der Waals surface area contributed by atoms with Gasteiger partial charge in [0.15, 0.2) is 0 Å². The Morgan fingerprint density at radius 1 is 1.35 bits per heavy atom. The highest BCUT2D eigenvalue weighted by molar-refractivity contribution is 7.21. The van der Waals surface area contributed by atoms with Crippen molar-refractivity contribution in [1.82, 2.24) is 5.32 Å². The second kappa shape index (κ2) is 6.72. The van der Waals surface area contributed by atoms with Crippen LogP contribution < -0.4 is 11.1 Å². The van der Waals surface area contributed by atoms with Crippen LogP contribution in [0, 0.1) is 6.92 Å². The third-order valence-electron chi connectivity index (χ3n) is 3.28. The molecule has 1 amide bonds. The topological polar surface area (TPSA) is 75.4 Å². The molecule has 0 radical (unpaired) electrons. The average Bonchev–Trinajstić information content (AvgIpc) is 2.78. The molecule has 2 aromatic rings. The molecule has 5 heteroatoms. The van der Waals surface area contributed by atoms with E-state index in [1.54, 1.807) is 0 Å². The number of aryl methyl sites for hydroxylation is 1. The molecule has 0 atom stereocenters. The fourth-order valence-electron chi connectivity index (χ4n) is 2.14. The molecule has 1 aromatic carbocycles. The Hall–Kier alpha value is -1.59. The number of aliphatic hydroxyl groups is 1. The average molecular weight is 292 g/mol. The van der Waals surface area contributed by atoms with Gasteiger partial charge in [0, 0.05) is 23.2 Å². The second-order valence-corrected chi connectivity index (χ2v) is 5.86. The van der Waals surface area contributed by atoms with Gasteiger partial charge in [0.1, 0.15) is 4.88 Å². The summed E-state index contributed by atoms with van der Waals surface area (Å²) in [5.74, 6) is -0.105. The van der Waals surface area contributed by atoms with Crippen LogP contribution in [0.25, 0.3) is 10.1 Å². The highest BCUT2D eigenvalue weighted by Gasteiger charge is 2.16. The van der Waals surface area contributed by atoms with Crippen molar-refractivity contribution in [2.45, 2.75) is 26.2 Å². The van der Waals surface area contributed by atoms with E-state index in [9.17, 15) is 4.79 Å². The highest BCUT2D eigenvalue weighted by atomic mass is 32.1. The van der Waals surface area contributed by atoms with Gasteiger partial charge in [0.2, 0.25) is 0 Å². The Bertz CT molecular complexity index is 607. The second-order valence-electron chi connectivity index (χ2n) is 4.84. The summed E-state index contributed by atoms with van der Waals surface area (Å²) in [7, 11) is 0. The normalized spacial score (nSPS) is 10.9. The van der Waals surface area contributed by atoms with Crippen molar-refractivity contribution in [3.63, 3.8) is 0 Å². The number of rotatable bonds is 6. The van der Waals surface area contributed by atoms with Gasteiger partial charge < -0.3 is 16.2 Å². The van der Waals surface area contributed by atoms with Gasteiger partial charge in [-0.05, 0) is 31.7 Å². The van der Waals surface area contributed by atoms with Crippen LogP contribution in [0.5, 0.6) is 0 Å². The van der Waals surface area contributed by atoms with Crippen LogP contribution in [0.4, 0.5) is 5.69 Å². The van der Waals surface area contributed by atoms with Gasteiger partial charge in [0.25, 0.3) is 5.91 Å². The fraction of sp³-hybridized carbons (Fsp3) is 0.400. The first kappa shape index (κ1) is 14.8. The van der Waals surface area contributed by atoms with Crippen LogP contribution in [0.15, 0.2) is 18.2 Å². The Morgan fingerprint density at radius 2 is 2.15 bits per heavy atom. The van der Waals surface area contributed by atoms with Gasteiger partial charge >= 0.3 is 0 Å². The van der Waals surface area contributed by atoms with Gasteiger partial charge in [-0.2, -0.15) is 0 Å². The molecule has 0 bridgehead atoms. The van der Waals surface area contributed by atoms with E-state index in [2.05, 4.69) is 5.32 Å². The number of carbonyl (C=O) groups is 1. The Kier molecular flexibility index (Phi) is 4.98. The molecule has 0 saturated heterocycles. The predicted octanol–water partition coefficient (Wildman–Crippen LogP) is 2.68. The molecule has 1 heterocycles. The molecule has 1 aromatic heterocycles. The number of nitrogens with two attached hydrogens (primary N) is 1. The van der Waals surface area contributed by atoms with Gasteiger partial charge in [-0.25, -0.2) is 0 Å². The lowest BCUT2D eigenvalue weighted by molar-refractivity contribution is 0.0958. The summed E-state index contributed by atoms with van der Waals surface area (Å²) in [6, 6.07) is 5.93. The van der Waals surface area contributed by atoms with Crippen molar-refractivity contribution in [2.24, 2.45) is 0 Å². The van der Waals surface area contributed by atoms with Gasteiger partial charge in [-0.3, -0.25) is 4.79 Å². The quantitative estimate of drug-likeness (QED) is 0.717. The number of nitrogen functional groups attached to an aromatic ring is 1. The Labute approximate surface area is 122 Å². The molecule has 108 valence electrons. The summed E-state index contributed by atoms with van der Waals surface area (Å²) in [4.78, 5) is 12.7. The van der Waals surface area contributed by atoms with Gasteiger partial charge in [-0.15, -0.1) is 11.3 Å². The van der Waals surface area contributed by atoms with Crippen molar-refractivity contribution >= 4 is 33.0 Å². The number of anilines is 1. The zero-order chi connectivity index (χ0) is 14.5. The van der Waals surface area contributed by atoms with Crippen molar-refractivity contribution < 1.29 is 9.90 Å². The molecule has 2 rings (SSSR count). The number of nitrogens with one attached hydrogen (secondary N) is 1. The Morgan fingerprint density at radius 3 is 2.85 bits per heavy atom. The van der Waals surface area contributed by atoms with Crippen LogP contribution in [-0.4, -0.2) is 24.2 Å². The number of amides is 1. The van der Waals surface area contributed by atoms with E-state index in [0.717, 1.165) is 34.9 Å². The molecule has 0 spiro atoms. The molecular weight excluding hydrogens is 272 g/mol. The van der Waals surface area contributed by atoms with E-state index in [4.69, 9.17) is 10.8 Å². The van der Waals surface area contributed by atoms with E-state index in [1.165, 1.54) is 11.3 Å². The monoisotopic (exact) mass is 292 g/mol. The minimum Gasteiger partial charge on any atom is -0.397 e. The lowest BCUT2D eigenvalue weighted by Gasteiger charge is -2.03. The minimum absolute atomic E-state index is 0.105. The lowest BCUT2D eigenvalue weighted by Crippen LogP contribution is -2.24. The zero-order valence-corrected chi connectivity index (χ0v) is 12.4. The maximum Gasteiger partial charge on any atom is 0.263 e. The number of hydrogen-bond donors (Lipinski definition) is 3. The van der Waals surface area contributed by atoms with Crippen LogP contribution >= 0.6 is 11.3 Å². The number of unbranched alkanes of at least 4 members (excludes halogenated alkanes) is 2. The molecule has 0 fully saturated rings. The van der Waals surface area contributed by atoms with Gasteiger partial charge in [0.05, 0.1) is 5.69 Å². The summed E-state index contributed by atoms with van der Waals surface area (Å²) in [6.07, 6.45) is 2.56. The molecule has 0 saturated carbocycles. The largest absolute Gasteiger partial charge is 0.397 e. The van der Waals surface area contributed by atoms with E-state index >= 15 is 0 Å². The van der Waals surface area contributed by atoms with Crippen LogP contribution in [-0.2, 0) is 0 Å². The molecule has 20 heavy (non-hydrogen) atoms. The first-order valence-corrected chi connectivity index (χ1v) is 7.63. The van der Waals surface area contributed by atoms with Crippen LogP contribution in [0.3, 0.4) is 0 Å². The Balaban J connectivity index is 2.07. The van der Waals surface area contributed by atoms with E-state index in [0.29, 0.717) is 17.1 Å².